The van der Waals surface area contributed by atoms with E-state index in [1.54, 1.807) is 0 Å². The fourth-order valence-corrected chi connectivity index (χ4v) is 5.15. The highest BCUT2D eigenvalue weighted by molar-refractivity contribution is 6.13. The fraction of sp³-hybridized carbons (Fsp3) is 0.162. The van der Waals surface area contributed by atoms with Crippen molar-refractivity contribution >= 4 is 5.78 Å². The zero-order chi connectivity index (χ0) is 30.6. The Bertz CT molecular complexity index is 1810. The molecule has 0 aliphatic carbocycles. The molecule has 0 aliphatic heterocycles. The molecule has 6 rings (SSSR count). The molecule has 220 valence electrons. The van der Waals surface area contributed by atoms with Crippen LogP contribution in [0.1, 0.15) is 49.6 Å². The molecule has 44 heavy (non-hydrogen) atoms. The summed E-state index contributed by atoms with van der Waals surface area (Å²) >= 11 is 0. The Morgan fingerprint density at radius 2 is 1.02 bits per heavy atom. The third-order valence-electron chi connectivity index (χ3n) is 7.64. The minimum absolute atomic E-state index is 0.142. The van der Waals surface area contributed by atoms with Crippen LogP contribution < -0.4 is 9.47 Å². The van der Waals surface area contributed by atoms with Gasteiger partial charge in [-0.05, 0) is 84.3 Å². The van der Waals surface area contributed by atoms with Crippen molar-refractivity contribution in [2.45, 2.75) is 40.9 Å². The third kappa shape index (κ3) is 5.90. The molecular formula is C37H32N2O5. The summed E-state index contributed by atoms with van der Waals surface area (Å²) in [6, 6.07) is 27.7. The number of aromatic nitrogens is 2. The van der Waals surface area contributed by atoms with Gasteiger partial charge in [-0.25, -0.2) is 0 Å². The summed E-state index contributed by atoms with van der Waals surface area (Å²) in [6.07, 6.45) is 2.96. The van der Waals surface area contributed by atoms with Gasteiger partial charge >= 0.3 is 0 Å². The van der Waals surface area contributed by atoms with Crippen LogP contribution in [0.5, 0.6) is 11.5 Å². The second kappa shape index (κ2) is 12.4. The van der Waals surface area contributed by atoms with Crippen LogP contribution in [0.2, 0.25) is 0 Å². The number of nitrogens with zero attached hydrogens (tertiary/aromatic N) is 2. The number of carbonyl (C=O) groups excluding carboxylic acids is 1. The zero-order valence-corrected chi connectivity index (χ0v) is 25.1. The molecule has 0 saturated heterocycles. The van der Waals surface area contributed by atoms with Crippen LogP contribution in [0.3, 0.4) is 0 Å². The van der Waals surface area contributed by atoms with E-state index in [9.17, 15) is 4.79 Å². The Hall–Kier alpha value is -5.43. The van der Waals surface area contributed by atoms with Crippen molar-refractivity contribution in [2.75, 3.05) is 0 Å². The zero-order valence-electron chi connectivity index (χ0n) is 25.1. The smallest absolute Gasteiger partial charge is 0.238 e. The molecule has 2 heterocycles. The van der Waals surface area contributed by atoms with Gasteiger partial charge in [-0.15, -0.1) is 0 Å². The minimum atomic E-state index is -0.409. The lowest BCUT2D eigenvalue weighted by Crippen LogP contribution is -2.08. The lowest BCUT2D eigenvalue weighted by Gasteiger charge is -2.13. The summed E-state index contributed by atoms with van der Waals surface area (Å²) in [4.78, 5) is 14.0. The number of ether oxygens (including phenoxy) is 2. The Labute approximate surface area is 256 Å². The van der Waals surface area contributed by atoms with E-state index in [1.807, 2.05) is 100 Å². The standard InChI is InChI=1S/C37H32N2O5/c1-23-13-15-25(3)33(17-23)41-19-27-9-5-7-11-29(27)31-21-43-38-35(31)37(40)36-32(22-44-39-36)30-12-8-6-10-28(30)20-42-34-18-24(2)14-16-26(34)4/h5-18,21-22H,19-20H2,1-4H3. The Morgan fingerprint density at radius 1 is 0.591 bits per heavy atom. The normalized spacial score (nSPS) is 11.0. The largest absolute Gasteiger partial charge is 0.489 e. The molecule has 0 amide bonds. The van der Waals surface area contributed by atoms with Gasteiger partial charge in [0.15, 0.2) is 11.4 Å². The van der Waals surface area contributed by atoms with Crippen molar-refractivity contribution < 1.29 is 23.3 Å². The van der Waals surface area contributed by atoms with Gasteiger partial charge in [0.05, 0.1) is 11.1 Å². The highest BCUT2D eigenvalue weighted by Gasteiger charge is 2.27. The maximum Gasteiger partial charge on any atom is 0.238 e. The first-order valence-electron chi connectivity index (χ1n) is 14.4. The van der Waals surface area contributed by atoms with Gasteiger partial charge in [-0.3, -0.25) is 4.79 Å². The average molecular weight is 585 g/mol. The number of hydrogen-bond acceptors (Lipinski definition) is 7. The molecule has 6 aromatic rings. The maximum absolute atomic E-state index is 14.0. The summed E-state index contributed by atoms with van der Waals surface area (Å²) in [7, 11) is 0. The van der Waals surface area contributed by atoms with E-state index >= 15 is 0 Å². The van der Waals surface area contributed by atoms with E-state index in [0.717, 1.165) is 56.0 Å². The van der Waals surface area contributed by atoms with Crippen molar-refractivity contribution in [1.29, 1.82) is 0 Å². The first-order chi connectivity index (χ1) is 21.4. The molecule has 0 bridgehead atoms. The van der Waals surface area contributed by atoms with Gasteiger partial charge in [0.1, 0.15) is 37.2 Å². The molecule has 0 saturated carbocycles. The molecule has 0 radical (unpaired) electrons. The molecule has 7 nitrogen and oxygen atoms in total. The van der Waals surface area contributed by atoms with Crippen LogP contribution in [0.4, 0.5) is 0 Å². The van der Waals surface area contributed by atoms with Crippen molar-refractivity contribution in [3.8, 4) is 33.8 Å². The average Bonchev–Trinajstić information content (AvgIpc) is 3.73. The summed E-state index contributed by atoms with van der Waals surface area (Å²) in [5.74, 6) is 1.22. The molecule has 0 unspecified atom stereocenters. The van der Waals surface area contributed by atoms with Gasteiger partial charge in [-0.1, -0.05) is 83.1 Å². The van der Waals surface area contributed by atoms with Crippen LogP contribution in [0.25, 0.3) is 22.3 Å². The van der Waals surface area contributed by atoms with Crippen LogP contribution in [0.15, 0.2) is 107 Å². The molecule has 0 spiro atoms. The molecule has 4 aromatic carbocycles. The molecule has 0 fully saturated rings. The van der Waals surface area contributed by atoms with Crippen molar-refractivity contribution in [1.82, 2.24) is 10.3 Å². The fourth-order valence-electron chi connectivity index (χ4n) is 5.15. The summed E-state index contributed by atoms with van der Waals surface area (Å²) < 4.78 is 23.1. The van der Waals surface area contributed by atoms with Gasteiger partial charge in [0.2, 0.25) is 5.78 Å². The van der Waals surface area contributed by atoms with Gasteiger partial charge in [0.25, 0.3) is 0 Å². The van der Waals surface area contributed by atoms with Gasteiger partial charge in [0, 0.05) is 0 Å². The van der Waals surface area contributed by atoms with Crippen LogP contribution >= 0.6 is 0 Å². The van der Waals surface area contributed by atoms with E-state index in [0.29, 0.717) is 24.3 Å². The molecule has 0 atom stereocenters. The lowest BCUT2D eigenvalue weighted by molar-refractivity contribution is 0.102. The summed E-state index contributed by atoms with van der Waals surface area (Å²) in [6.45, 7) is 8.71. The number of aryl methyl sites for hydroxylation is 4. The maximum atomic E-state index is 14.0. The lowest BCUT2D eigenvalue weighted by atomic mass is 9.95. The second-order valence-corrected chi connectivity index (χ2v) is 10.9. The summed E-state index contributed by atoms with van der Waals surface area (Å²) in [5, 5.41) is 8.23. The summed E-state index contributed by atoms with van der Waals surface area (Å²) in [5.41, 5.74) is 9.07. The van der Waals surface area contributed by atoms with Crippen LogP contribution in [-0.2, 0) is 13.2 Å². The molecule has 2 aromatic heterocycles. The minimum Gasteiger partial charge on any atom is -0.489 e. The number of carbonyl (C=O) groups is 1. The first-order valence-corrected chi connectivity index (χ1v) is 14.4. The third-order valence-corrected chi connectivity index (χ3v) is 7.64. The van der Waals surface area contributed by atoms with E-state index in [-0.39, 0.29) is 11.4 Å². The van der Waals surface area contributed by atoms with Crippen molar-refractivity contribution in [3.05, 3.63) is 142 Å². The number of benzene rings is 4. The van der Waals surface area contributed by atoms with E-state index in [1.165, 1.54) is 12.5 Å². The van der Waals surface area contributed by atoms with E-state index < -0.39 is 5.78 Å². The van der Waals surface area contributed by atoms with Crippen molar-refractivity contribution in [3.63, 3.8) is 0 Å². The van der Waals surface area contributed by atoms with Gasteiger partial charge < -0.3 is 18.5 Å². The SMILES string of the molecule is Cc1ccc(C)c(OCc2ccccc2-c2conc2C(=O)c2nocc2-c2ccccc2COc2cc(C)ccc2C)c1. The first kappa shape index (κ1) is 28.7. The monoisotopic (exact) mass is 584 g/mol. The molecule has 7 heteroatoms. The molecule has 0 aliphatic rings. The van der Waals surface area contributed by atoms with Crippen molar-refractivity contribution in [2.24, 2.45) is 0 Å². The highest BCUT2D eigenvalue weighted by atomic mass is 16.5. The second-order valence-electron chi connectivity index (χ2n) is 10.9. The quantitative estimate of drug-likeness (QED) is 0.149. The van der Waals surface area contributed by atoms with E-state index in [4.69, 9.17) is 18.5 Å². The highest BCUT2D eigenvalue weighted by Crippen LogP contribution is 2.33. The Balaban J connectivity index is 1.29. The Kier molecular flexibility index (Phi) is 8.10. The number of rotatable bonds is 10. The van der Waals surface area contributed by atoms with Gasteiger partial charge in [-0.2, -0.15) is 0 Å². The van der Waals surface area contributed by atoms with Crippen LogP contribution in [0, 0.1) is 27.7 Å². The predicted molar refractivity (Wildman–Crippen MR) is 168 cm³/mol. The predicted octanol–water partition coefficient (Wildman–Crippen LogP) is 8.62. The molecular weight excluding hydrogens is 552 g/mol. The Morgan fingerprint density at radius 3 is 1.48 bits per heavy atom. The van der Waals surface area contributed by atoms with E-state index in [2.05, 4.69) is 22.4 Å². The molecule has 0 N–H and O–H groups in total. The number of hydrogen-bond donors (Lipinski definition) is 0. The topological polar surface area (TPSA) is 87.6 Å². The van der Waals surface area contributed by atoms with Crippen LogP contribution in [-0.4, -0.2) is 16.1 Å². The number of ketones is 1.